The summed E-state index contributed by atoms with van der Waals surface area (Å²) in [6.45, 7) is 5.70. The largest absolute Gasteiger partial charge is 0.371 e. The van der Waals surface area contributed by atoms with Crippen LogP contribution in [0.4, 0.5) is 0 Å². The molecule has 3 aliphatic heterocycles. The Kier molecular flexibility index (Phi) is 3.32. The number of rotatable bonds is 2. The molecule has 3 heterocycles. The Balaban J connectivity index is 1.72. The van der Waals surface area contributed by atoms with Crippen LogP contribution >= 0.6 is 0 Å². The summed E-state index contributed by atoms with van der Waals surface area (Å²) in [6, 6.07) is 0. The lowest BCUT2D eigenvalue weighted by molar-refractivity contribution is -0.152. The van der Waals surface area contributed by atoms with Crippen LogP contribution in [0.2, 0.25) is 0 Å². The summed E-state index contributed by atoms with van der Waals surface area (Å²) in [5.41, 5.74) is -0.144. The van der Waals surface area contributed by atoms with E-state index in [0.29, 0.717) is 18.1 Å². The van der Waals surface area contributed by atoms with Crippen LogP contribution in [-0.4, -0.2) is 49.2 Å². The average molecular weight is 252 g/mol. The van der Waals surface area contributed by atoms with Gasteiger partial charge in [0, 0.05) is 19.6 Å². The third kappa shape index (κ3) is 2.05. The van der Waals surface area contributed by atoms with Crippen molar-refractivity contribution >= 4 is 5.91 Å². The number of morpholine rings is 1. The van der Waals surface area contributed by atoms with Crippen LogP contribution in [-0.2, 0) is 9.53 Å². The molecule has 3 aliphatic rings. The number of hydrogen-bond acceptors (Lipinski definition) is 3. The van der Waals surface area contributed by atoms with Gasteiger partial charge in [0.15, 0.2) is 0 Å². The number of piperidine rings is 1. The molecule has 0 saturated carbocycles. The molecule has 3 atom stereocenters. The highest BCUT2D eigenvalue weighted by Gasteiger charge is 2.44. The number of amides is 1. The van der Waals surface area contributed by atoms with E-state index in [1.165, 1.54) is 0 Å². The van der Waals surface area contributed by atoms with E-state index >= 15 is 0 Å². The second kappa shape index (κ2) is 4.82. The molecule has 0 spiro atoms. The number of fused-ring (bicyclic) bond motifs is 2. The number of hydrogen-bond donors (Lipinski definition) is 1. The van der Waals surface area contributed by atoms with Crippen LogP contribution in [0.25, 0.3) is 0 Å². The maximum atomic E-state index is 12.9. The van der Waals surface area contributed by atoms with E-state index in [1.807, 2.05) is 0 Å². The summed E-state index contributed by atoms with van der Waals surface area (Å²) >= 11 is 0. The highest BCUT2D eigenvalue weighted by atomic mass is 16.5. The van der Waals surface area contributed by atoms with Crippen molar-refractivity contribution in [3.05, 3.63) is 0 Å². The molecule has 1 amide bonds. The predicted octanol–water partition coefficient (Wildman–Crippen LogP) is 1.16. The minimum atomic E-state index is -0.144. The van der Waals surface area contributed by atoms with Crippen molar-refractivity contribution in [3.8, 4) is 0 Å². The van der Waals surface area contributed by atoms with Crippen molar-refractivity contribution < 1.29 is 9.53 Å². The lowest BCUT2D eigenvalue weighted by Crippen LogP contribution is -2.55. The van der Waals surface area contributed by atoms with E-state index < -0.39 is 0 Å². The fourth-order valence-corrected chi connectivity index (χ4v) is 3.72. The van der Waals surface area contributed by atoms with Gasteiger partial charge in [0.2, 0.25) is 5.91 Å². The molecule has 4 nitrogen and oxygen atoms in total. The molecule has 102 valence electrons. The third-order valence-electron chi connectivity index (χ3n) is 4.93. The number of nitrogens with one attached hydrogen (secondary N) is 1. The van der Waals surface area contributed by atoms with Gasteiger partial charge in [-0.25, -0.2) is 0 Å². The summed E-state index contributed by atoms with van der Waals surface area (Å²) in [5.74, 6) is 0.373. The molecule has 0 aromatic heterocycles. The lowest BCUT2D eigenvalue weighted by atomic mass is 9.77. The van der Waals surface area contributed by atoms with Crippen LogP contribution in [0.1, 0.15) is 39.0 Å². The number of ether oxygens (including phenoxy) is 1. The highest BCUT2D eigenvalue weighted by Crippen LogP contribution is 2.35. The van der Waals surface area contributed by atoms with Gasteiger partial charge in [0.1, 0.15) is 0 Å². The van der Waals surface area contributed by atoms with E-state index in [2.05, 4.69) is 17.1 Å². The highest BCUT2D eigenvalue weighted by molar-refractivity contribution is 5.83. The zero-order chi connectivity index (χ0) is 12.6. The molecule has 0 radical (unpaired) electrons. The summed E-state index contributed by atoms with van der Waals surface area (Å²) in [4.78, 5) is 14.9. The summed E-state index contributed by atoms with van der Waals surface area (Å²) in [7, 11) is 0. The monoisotopic (exact) mass is 252 g/mol. The second-order valence-electron chi connectivity index (χ2n) is 6.08. The molecule has 3 fully saturated rings. The van der Waals surface area contributed by atoms with Gasteiger partial charge in [0.05, 0.1) is 17.6 Å². The van der Waals surface area contributed by atoms with E-state index in [9.17, 15) is 4.79 Å². The van der Waals surface area contributed by atoms with Crippen molar-refractivity contribution in [2.24, 2.45) is 5.41 Å². The van der Waals surface area contributed by atoms with E-state index in [-0.39, 0.29) is 5.41 Å². The molecule has 0 aromatic rings. The quantitative estimate of drug-likeness (QED) is 0.802. The van der Waals surface area contributed by atoms with Crippen molar-refractivity contribution in [1.82, 2.24) is 10.2 Å². The topological polar surface area (TPSA) is 41.6 Å². The minimum Gasteiger partial charge on any atom is -0.371 e. The van der Waals surface area contributed by atoms with E-state index in [0.717, 1.165) is 58.3 Å². The first-order valence-electron chi connectivity index (χ1n) is 7.39. The Bertz CT molecular complexity index is 314. The molecule has 0 aromatic carbocycles. The van der Waals surface area contributed by atoms with E-state index in [4.69, 9.17) is 4.74 Å². The van der Waals surface area contributed by atoms with Crippen LogP contribution in [0.3, 0.4) is 0 Å². The van der Waals surface area contributed by atoms with Crippen LogP contribution in [0, 0.1) is 5.41 Å². The molecule has 18 heavy (non-hydrogen) atoms. The van der Waals surface area contributed by atoms with Crippen molar-refractivity contribution in [2.45, 2.75) is 51.2 Å². The standard InChI is InChI=1S/C14H24N2O2/c1-2-14(6-3-7-15-10-14)13(17)16-8-11-4-5-12(9-16)18-11/h11-12,15H,2-10H2,1H3. The molecule has 1 N–H and O–H groups in total. The predicted molar refractivity (Wildman–Crippen MR) is 69.3 cm³/mol. The number of likely N-dealkylation sites (tertiary alicyclic amines) is 1. The maximum absolute atomic E-state index is 12.9. The smallest absolute Gasteiger partial charge is 0.230 e. The van der Waals surface area contributed by atoms with Gasteiger partial charge in [-0.05, 0) is 38.6 Å². The van der Waals surface area contributed by atoms with E-state index in [1.54, 1.807) is 0 Å². The lowest BCUT2D eigenvalue weighted by Gasteiger charge is -2.42. The fraction of sp³-hybridized carbons (Fsp3) is 0.929. The average Bonchev–Trinajstić information content (AvgIpc) is 2.77. The summed E-state index contributed by atoms with van der Waals surface area (Å²) < 4.78 is 5.82. The van der Waals surface area contributed by atoms with Crippen LogP contribution in [0.15, 0.2) is 0 Å². The zero-order valence-electron chi connectivity index (χ0n) is 11.3. The molecule has 3 saturated heterocycles. The number of nitrogens with zero attached hydrogens (tertiary/aromatic N) is 1. The first-order valence-corrected chi connectivity index (χ1v) is 7.39. The Morgan fingerprint density at radius 3 is 2.67 bits per heavy atom. The van der Waals surface area contributed by atoms with Crippen molar-refractivity contribution in [3.63, 3.8) is 0 Å². The molecular weight excluding hydrogens is 228 g/mol. The fourth-order valence-electron chi connectivity index (χ4n) is 3.72. The Hall–Kier alpha value is -0.610. The molecular formula is C14H24N2O2. The van der Waals surface area contributed by atoms with Crippen LogP contribution in [0.5, 0.6) is 0 Å². The van der Waals surface area contributed by atoms with Gasteiger partial charge in [-0.2, -0.15) is 0 Å². The molecule has 0 aliphatic carbocycles. The maximum Gasteiger partial charge on any atom is 0.230 e. The SMILES string of the molecule is CCC1(C(=O)N2CC3CCC(C2)O3)CCCNC1. The van der Waals surface area contributed by atoms with Gasteiger partial charge in [-0.3, -0.25) is 4.79 Å². The molecule has 3 unspecified atom stereocenters. The van der Waals surface area contributed by atoms with Gasteiger partial charge < -0.3 is 15.0 Å². The summed E-state index contributed by atoms with van der Waals surface area (Å²) in [6.07, 6.45) is 5.98. The first kappa shape index (κ1) is 12.4. The van der Waals surface area contributed by atoms with Crippen LogP contribution < -0.4 is 5.32 Å². The van der Waals surface area contributed by atoms with Crippen molar-refractivity contribution in [1.29, 1.82) is 0 Å². The number of carbonyl (C=O) groups excluding carboxylic acids is 1. The van der Waals surface area contributed by atoms with Crippen molar-refractivity contribution in [2.75, 3.05) is 26.2 Å². The minimum absolute atomic E-state index is 0.144. The molecule has 2 bridgehead atoms. The Morgan fingerprint density at radius 2 is 2.11 bits per heavy atom. The Labute approximate surface area is 109 Å². The number of carbonyl (C=O) groups is 1. The first-order chi connectivity index (χ1) is 8.73. The van der Waals surface area contributed by atoms with Gasteiger partial charge >= 0.3 is 0 Å². The molecule has 4 heteroatoms. The second-order valence-corrected chi connectivity index (χ2v) is 6.08. The third-order valence-corrected chi connectivity index (χ3v) is 4.93. The van der Waals surface area contributed by atoms with Gasteiger partial charge in [0.25, 0.3) is 0 Å². The normalized spacial score (nSPS) is 39.9. The van der Waals surface area contributed by atoms with Gasteiger partial charge in [-0.15, -0.1) is 0 Å². The summed E-state index contributed by atoms with van der Waals surface area (Å²) in [5, 5.41) is 3.41. The zero-order valence-corrected chi connectivity index (χ0v) is 11.3. The molecule has 3 rings (SSSR count). The van der Waals surface area contributed by atoms with Gasteiger partial charge in [-0.1, -0.05) is 6.92 Å². The Morgan fingerprint density at radius 1 is 1.39 bits per heavy atom.